The predicted octanol–water partition coefficient (Wildman–Crippen LogP) is 2.45. The van der Waals surface area contributed by atoms with Gasteiger partial charge in [0.15, 0.2) is 0 Å². The van der Waals surface area contributed by atoms with Crippen molar-refractivity contribution in [1.82, 2.24) is 15.2 Å². The Kier molecular flexibility index (Phi) is 5.56. The van der Waals surface area contributed by atoms with E-state index in [4.69, 9.17) is 11.6 Å². The maximum atomic E-state index is 13.0. The molecule has 1 unspecified atom stereocenters. The number of fused-ring (bicyclic) bond motifs is 1. The number of nitrogens with zero attached hydrogens (tertiary/aromatic N) is 5. The molecule has 2 aromatic carbocycles. The number of halogens is 1. The molecule has 0 aromatic heterocycles. The molecule has 158 valence electrons. The van der Waals surface area contributed by atoms with Crippen molar-refractivity contribution in [3.8, 4) is 0 Å². The lowest BCUT2D eigenvalue weighted by Gasteiger charge is -2.31. The van der Waals surface area contributed by atoms with E-state index in [9.17, 15) is 9.59 Å². The van der Waals surface area contributed by atoms with Crippen LogP contribution in [0.2, 0.25) is 5.02 Å². The van der Waals surface area contributed by atoms with Crippen molar-refractivity contribution in [3.05, 3.63) is 70.2 Å². The zero-order valence-corrected chi connectivity index (χ0v) is 18.2. The summed E-state index contributed by atoms with van der Waals surface area (Å²) in [5.74, 6) is 0.420. The van der Waals surface area contributed by atoms with Crippen LogP contribution >= 0.6 is 11.6 Å². The number of urea groups is 1. The number of aryl methyl sites for hydroxylation is 1. The van der Waals surface area contributed by atoms with Crippen molar-refractivity contribution in [1.29, 1.82) is 0 Å². The molecular weight excluding hydrogens is 416 g/mol. The van der Waals surface area contributed by atoms with Crippen molar-refractivity contribution in [2.45, 2.75) is 19.5 Å². The van der Waals surface area contributed by atoms with E-state index in [0.717, 1.165) is 21.6 Å². The largest absolute Gasteiger partial charge is 0.414 e. The van der Waals surface area contributed by atoms with Gasteiger partial charge < -0.3 is 0 Å². The van der Waals surface area contributed by atoms with Crippen molar-refractivity contribution >= 4 is 41.5 Å². The molecule has 0 bridgehead atoms. The molecule has 0 spiro atoms. The summed E-state index contributed by atoms with van der Waals surface area (Å²) in [4.78, 5) is 32.4. The van der Waals surface area contributed by atoms with Crippen LogP contribution in [0, 0.1) is 6.92 Å². The predicted molar refractivity (Wildman–Crippen MR) is 119 cm³/mol. The van der Waals surface area contributed by atoms with Crippen molar-refractivity contribution < 1.29 is 14.2 Å². The number of carbonyl (C=O) groups is 2. The monoisotopic (exact) mass is 437 g/mol. The van der Waals surface area contributed by atoms with E-state index >= 15 is 0 Å². The number of guanidine groups is 1. The maximum absolute atomic E-state index is 13.0. The summed E-state index contributed by atoms with van der Waals surface area (Å²) >= 11 is 6.18. The minimum absolute atomic E-state index is 0.333. The molecule has 2 heterocycles. The number of hydrogen-bond acceptors (Lipinski definition) is 5. The van der Waals surface area contributed by atoms with Crippen LogP contribution in [-0.2, 0) is 11.3 Å². The summed E-state index contributed by atoms with van der Waals surface area (Å²) < 4.78 is 1.81. The summed E-state index contributed by atoms with van der Waals surface area (Å²) in [6.45, 7) is 2.44. The van der Waals surface area contributed by atoms with E-state index in [0.29, 0.717) is 23.4 Å². The smallest absolute Gasteiger partial charge is 0.270 e. The van der Waals surface area contributed by atoms with Gasteiger partial charge in [-0.15, -0.1) is 5.10 Å². The van der Waals surface area contributed by atoms with Gasteiger partial charge in [-0.1, -0.05) is 64.6 Å². The van der Waals surface area contributed by atoms with Gasteiger partial charge >= 0.3 is 12.0 Å². The van der Waals surface area contributed by atoms with Gasteiger partial charge in [-0.25, -0.2) is 9.37 Å². The molecular formula is C22H22ClN6O2+. The van der Waals surface area contributed by atoms with E-state index < -0.39 is 12.1 Å². The lowest BCUT2D eigenvalue weighted by atomic mass is 10.1. The van der Waals surface area contributed by atoms with Gasteiger partial charge in [0, 0.05) is 24.7 Å². The Morgan fingerprint density at radius 3 is 2.55 bits per heavy atom. The van der Waals surface area contributed by atoms with Gasteiger partial charge in [0.2, 0.25) is 11.9 Å². The number of hydrazone groups is 1. The topological polar surface area (TPSA) is 80.4 Å². The minimum Gasteiger partial charge on any atom is -0.270 e. The molecule has 31 heavy (non-hydrogen) atoms. The number of benzene rings is 2. The van der Waals surface area contributed by atoms with Crippen LogP contribution in [-0.4, -0.2) is 64.5 Å². The fraction of sp³-hybridized carbons (Fsp3) is 0.227. The zero-order chi connectivity index (χ0) is 22.1. The molecule has 3 amide bonds. The normalized spacial score (nSPS) is 18.7. The molecule has 1 fully saturated rings. The van der Waals surface area contributed by atoms with Crippen molar-refractivity contribution in [3.63, 3.8) is 0 Å². The van der Waals surface area contributed by atoms with Gasteiger partial charge in [-0.2, -0.15) is 5.43 Å². The second kappa shape index (κ2) is 8.31. The molecule has 1 saturated heterocycles. The third kappa shape index (κ3) is 3.94. The Labute approximate surface area is 185 Å². The highest BCUT2D eigenvalue weighted by molar-refractivity contribution is 6.33. The average molecular weight is 438 g/mol. The van der Waals surface area contributed by atoms with Gasteiger partial charge in [-0.05, 0) is 18.6 Å². The SMILES string of the molecule is Cc1ccc(C[N+]2=C(N/N=C/c3ccccc3Cl)N=C3C2C(=O)N(C)C(=O)N3C)cc1. The number of amidine groups is 1. The van der Waals surface area contributed by atoms with Crippen LogP contribution in [0.15, 0.2) is 58.6 Å². The van der Waals surface area contributed by atoms with E-state index in [2.05, 4.69) is 15.5 Å². The first-order valence-corrected chi connectivity index (χ1v) is 10.1. The zero-order valence-electron chi connectivity index (χ0n) is 17.4. The number of nitrogens with one attached hydrogen (secondary N) is 1. The molecule has 1 atom stereocenters. The summed E-state index contributed by atoms with van der Waals surface area (Å²) in [6, 6.07) is 14.2. The number of carbonyl (C=O) groups excluding carboxylic acids is 2. The highest BCUT2D eigenvalue weighted by Crippen LogP contribution is 2.20. The standard InChI is InChI=1S/C22H21ClN6O2/c1-14-8-10-15(11-9-14)13-29-18-19(27(2)22(31)28(3)20(18)30)25-21(29)26-24-12-16-6-4-5-7-17(16)23/h4-12,18H,13H2,1-3H3/p+1/b24-12+. The third-order valence-corrected chi connectivity index (χ3v) is 5.62. The van der Waals surface area contributed by atoms with E-state index in [1.165, 1.54) is 11.9 Å². The summed E-state index contributed by atoms with van der Waals surface area (Å²) in [5.41, 5.74) is 5.82. The number of amides is 3. The highest BCUT2D eigenvalue weighted by Gasteiger charge is 2.51. The quantitative estimate of drug-likeness (QED) is 0.453. The maximum Gasteiger partial charge on any atom is 0.414 e. The van der Waals surface area contributed by atoms with Crippen LogP contribution < -0.4 is 5.43 Å². The molecule has 0 aliphatic carbocycles. The minimum atomic E-state index is -0.716. The molecule has 2 aliphatic heterocycles. The Hall–Kier alpha value is -3.52. The molecule has 0 saturated carbocycles. The molecule has 8 nitrogen and oxygen atoms in total. The molecule has 0 radical (unpaired) electrons. The molecule has 4 rings (SSSR count). The first-order valence-electron chi connectivity index (χ1n) is 9.73. The van der Waals surface area contributed by atoms with Crippen molar-refractivity contribution in [2.75, 3.05) is 14.1 Å². The van der Waals surface area contributed by atoms with E-state index in [-0.39, 0.29) is 5.91 Å². The van der Waals surface area contributed by atoms with Gasteiger partial charge in [0.05, 0.1) is 12.8 Å². The van der Waals surface area contributed by atoms with Crippen LogP contribution in [0.4, 0.5) is 4.79 Å². The number of likely N-dealkylation sites (N-methyl/N-ethyl adjacent to an activating group) is 2. The van der Waals surface area contributed by atoms with Gasteiger partial charge in [0.25, 0.3) is 5.91 Å². The van der Waals surface area contributed by atoms with E-state index in [1.807, 2.05) is 54.0 Å². The number of hydrogen-bond donors (Lipinski definition) is 1. The second-order valence-corrected chi connectivity index (χ2v) is 7.85. The fourth-order valence-electron chi connectivity index (χ4n) is 3.48. The fourth-order valence-corrected chi connectivity index (χ4v) is 3.67. The Morgan fingerprint density at radius 1 is 1.13 bits per heavy atom. The molecule has 2 aliphatic rings. The Balaban J connectivity index is 1.69. The van der Waals surface area contributed by atoms with Gasteiger partial charge in [0.1, 0.15) is 0 Å². The Bertz CT molecular complexity index is 1140. The first-order chi connectivity index (χ1) is 14.9. The van der Waals surface area contributed by atoms with Crippen LogP contribution in [0.5, 0.6) is 0 Å². The molecule has 1 N–H and O–H groups in total. The highest BCUT2D eigenvalue weighted by atomic mass is 35.5. The summed E-state index contributed by atoms with van der Waals surface area (Å²) in [7, 11) is 3.08. The molecule has 2 aromatic rings. The first kappa shape index (κ1) is 20.7. The van der Waals surface area contributed by atoms with Crippen LogP contribution in [0.3, 0.4) is 0 Å². The lowest BCUT2D eigenvalue weighted by molar-refractivity contribution is -0.553. The Morgan fingerprint density at radius 2 is 1.84 bits per heavy atom. The van der Waals surface area contributed by atoms with Crippen LogP contribution in [0.25, 0.3) is 0 Å². The number of imide groups is 1. The second-order valence-electron chi connectivity index (χ2n) is 7.44. The lowest BCUT2D eigenvalue weighted by Crippen LogP contribution is -2.61. The average Bonchev–Trinajstić information content (AvgIpc) is 3.12. The third-order valence-electron chi connectivity index (χ3n) is 5.28. The molecule has 9 heteroatoms. The van der Waals surface area contributed by atoms with E-state index in [1.54, 1.807) is 19.3 Å². The number of rotatable bonds is 4. The van der Waals surface area contributed by atoms with Crippen molar-refractivity contribution in [2.24, 2.45) is 10.1 Å². The van der Waals surface area contributed by atoms with Gasteiger partial charge in [-0.3, -0.25) is 14.6 Å². The summed E-state index contributed by atoms with van der Waals surface area (Å²) in [5, 5.41) is 4.84. The summed E-state index contributed by atoms with van der Waals surface area (Å²) in [6.07, 6.45) is 1.59. The number of aliphatic imine (C=N–C) groups is 1. The van der Waals surface area contributed by atoms with Crippen LogP contribution in [0.1, 0.15) is 16.7 Å².